The molecule has 2 nitrogen and oxygen atoms in total. The highest BCUT2D eigenvalue weighted by Gasteiger charge is 2.21. The molecule has 1 aliphatic heterocycles. The molecule has 1 aliphatic rings. The topological polar surface area (TPSA) is 12.5 Å². The highest BCUT2D eigenvalue weighted by atomic mass is 16.5. The number of hydrogen-bond acceptors (Lipinski definition) is 2. The summed E-state index contributed by atoms with van der Waals surface area (Å²) in [6, 6.07) is 9.51. The predicted molar refractivity (Wildman–Crippen MR) is 89.8 cm³/mol. The van der Waals surface area contributed by atoms with Crippen molar-refractivity contribution in [1.29, 1.82) is 0 Å². The van der Waals surface area contributed by atoms with E-state index >= 15 is 0 Å². The Bertz CT molecular complexity index is 453. The molecule has 21 heavy (non-hydrogen) atoms. The van der Waals surface area contributed by atoms with Crippen molar-refractivity contribution in [3.05, 3.63) is 47.0 Å². The predicted octanol–water partition coefficient (Wildman–Crippen LogP) is 4.16. The molecule has 2 heteroatoms. The molecule has 0 spiro atoms. The van der Waals surface area contributed by atoms with Gasteiger partial charge in [0, 0.05) is 19.1 Å². The second-order valence-electron chi connectivity index (χ2n) is 6.51. The Hall–Kier alpha value is -1.12. The van der Waals surface area contributed by atoms with E-state index in [0.717, 1.165) is 26.3 Å². The first kappa shape index (κ1) is 16.3. The Labute approximate surface area is 129 Å². The number of allylic oxidation sites excluding steroid dienone is 1. The van der Waals surface area contributed by atoms with Crippen LogP contribution in [0, 0.1) is 6.92 Å². The molecule has 0 radical (unpaired) electrons. The Morgan fingerprint density at radius 3 is 2.38 bits per heavy atom. The average Bonchev–Trinajstić information content (AvgIpc) is 2.47. The minimum Gasteiger partial charge on any atom is -0.379 e. The van der Waals surface area contributed by atoms with Crippen LogP contribution in [0.5, 0.6) is 0 Å². The third kappa shape index (κ3) is 4.98. The van der Waals surface area contributed by atoms with Gasteiger partial charge in [-0.25, -0.2) is 0 Å². The Kier molecular flexibility index (Phi) is 6.01. The van der Waals surface area contributed by atoms with Gasteiger partial charge in [0.1, 0.15) is 0 Å². The number of nitrogens with zero attached hydrogens (tertiary/aromatic N) is 1. The third-order valence-electron chi connectivity index (χ3n) is 4.28. The lowest BCUT2D eigenvalue weighted by Crippen LogP contribution is -2.43. The van der Waals surface area contributed by atoms with Gasteiger partial charge in [0.15, 0.2) is 0 Å². The normalized spacial score (nSPS) is 19.0. The van der Waals surface area contributed by atoms with E-state index < -0.39 is 0 Å². The molecule has 116 valence electrons. The zero-order valence-electron chi connectivity index (χ0n) is 13.9. The highest BCUT2D eigenvalue weighted by Crippen LogP contribution is 2.25. The largest absolute Gasteiger partial charge is 0.379 e. The first-order chi connectivity index (χ1) is 10.1. The van der Waals surface area contributed by atoms with Gasteiger partial charge in [-0.05, 0) is 38.7 Å². The van der Waals surface area contributed by atoms with Crippen LogP contribution >= 0.6 is 0 Å². The SMILES string of the molecule is CC(C)=CC(CC(C)c1ccc(C)cc1)N1CCOCC1. The van der Waals surface area contributed by atoms with E-state index in [4.69, 9.17) is 4.74 Å². The van der Waals surface area contributed by atoms with Crippen molar-refractivity contribution in [3.63, 3.8) is 0 Å². The Morgan fingerprint density at radius 2 is 1.81 bits per heavy atom. The van der Waals surface area contributed by atoms with Gasteiger partial charge in [0.05, 0.1) is 13.2 Å². The summed E-state index contributed by atoms with van der Waals surface area (Å²) < 4.78 is 5.50. The molecule has 2 rings (SSSR count). The van der Waals surface area contributed by atoms with Crippen LogP contribution in [0.25, 0.3) is 0 Å². The summed E-state index contributed by atoms with van der Waals surface area (Å²) in [6.45, 7) is 12.7. The van der Waals surface area contributed by atoms with Crippen molar-refractivity contribution in [3.8, 4) is 0 Å². The van der Waals surface area contributed by atoms with Gasteiger partial charge in [-0.1, -0.05) is 48.4 Å². The van der Waals surface area contributed by atoms with Crippen LogP contribution in [0.4, 0.5) is 0 Å². The molecule has 1 aromatic carbocycles. The van der Waals surface area contributed by atoms with Crippen molar-refractivity contribution in [2.75, 3.05) is 26.3 Å². The summed E-state index contributed by atoms with van der Waals surface area (Å²) in [5, 5.41) is 0. The quantitative estimate of drug-likeness (QED) is 0.754. The maximum Gasteiger partial charge on any atom is 0.0594 e. The van der Waals surface area contributed by atoms with E-state index in [1.807, 2.05) is 0 Å². The van der Waals surface area contributed by atoms with Crippen molar-refractivity contribution in [2.45, 2.75) is 46.1 Å². The Morgan fingerprint density at radius 1 is 1.19 bits per heavy atom. The summed E-state index contributed by atoms with van der Waals surface area (Å²) in [5.74, 6) is 0.578. The molecule has 0 aliphatic carbocycles. The summed E-state index contributed by atoms with van der Waals surface area (Å²) in [6.07, 6.45) is 3.60. The number of ether oxygens (including phenoxy) is 1. The number of benzene rings is 1. The van der Waals surface area contributed by atoms with Crippen LogP contribution in [0.3, 0.4) is 0 Å². The van der Waals surface area contributed by atoms with Crippen molar-refractivity contribution >= 4 is 0 Å². The third-order valence-corrected chi connectivity index (χ3v) is 4.28. The lowest BCUT2D eigenvalue weighted by molar-refractivity contribution is 0.0231. The van der Waals surface area contributed by atoms with Crippen molar-refractivity contribution in [2.24, 2.45) is 0 Å². The van der Waals surface area contributed by atoms with Crippen LogP contribution in [0.2, 0.25) is 0 Å². The van der Waals surface area contributed by atoms with E-state index in [1.54, 1.807) is 0 Å². The summed E-state index contributed by atoms with van der Waals surface area (Å²) in [5.41, 5.74) is 4.18. The molecule has 1 fully saturated rings. The fourth-order valence-electron chi connectivity index (χ4n) is 3.01. The van der Waals surface area contributed by atoms with Crippen LogP contribution in [0.1, 0.15) is 44.2 Å². The van der Waals surface area contributed by atoms with E-state index in [9.17, 15) is 0 Å². The molecule has 0 saturated carbocycles. The van der Waals surface area contributed by atoms with Crippen molar-refractivity contribution < 1.29 is 4.74 Å². The molecule has 0 aromatic heterocycles. The molecule has 2 atom stereocenters. The summed E-state index contributed by atoms with van der Waals surface area (Å²) >= 11 is 0. The van der Waals surface area contributed by atoms with Crippen molar-refractivity contribution in [1.82, 2.24) is 4.90 Å². The smallest absolute Gasteiger partial charge is 0.0594 e. The average molecular weight is 287 g/mol. The molecular formula is C19H29NO. The van der Waals surface area contributed by atoms with Gasteiger partial charge in [-0.3, -0.25) is 4.90 Å². The molecule has 1 saturated heterocycles. The van der Waals surface area contributed by atoms with Crippen LogP contribution in [-0.2, 0) is 4.74 Å². The minimum absolute atomic E-state index is 0.523. The van der Waals surface area contributed by atoms with E-state index in [-0.39, 0.29) is 0 Å². The standard InChI is InChI=1S/C19H29NO/c1-15(2)13-19(20-9-11-21-12-10-20)14-17(4)18-7-5-16(3)6-8-18/h5-8,13,17,19H,9-12,14H2,1-4H3. The minimum atomic E-state index is 0.523. The zero-order chi connectivity index (χ0) is 15.2. The number of aryl methyl sites for hydroxylation is 1. The Balaban J connectivity index is 2.06. The fraction of sp³-hybridized carbons (Fsp3) is 0.579. The molecule has 0 amide bonds. The maximum atomic E-state index is 5.50. The van der Waals surface area contributed by atoms with Gasteiger partial charge in [-0.2, -0.15) is 0 Å². The monoisotopic (exact) mass is 287 g/mol. The van der Waals surface area contributed by atoms with Gasteiger partial charge in [-0.15, -0.1) is 0 Å². The van der Waals surface area contributed by atoms with Crippen LogP contribution < -0.4 is 0 Å². The number of hydrogen-bond donors (Lipinski definition) is 0. The molecule has 2 unspecified atom stereocenters. The van der Waals surface area contributed by atoms with Gasteiger partial charge >= 0.3 is 0 Å². The number of morpholine rings is 1. The highest BCUT2D eigenvalue weighted by molar-refractivity contribution is 5.24. The number of rotatable bonds is 5. The summed E-state index contributed by atoms with van der Waals surface area (Å²) in [4.78, 5) is 2.57. The van der Waals surface area contributed by atoms with E-state index in [0.29, 0.717) is 12.0 Å². The zero-order valence-corrected chi connectivity index (χ0v) is 13.9. The van der Waals surface area contributed by atoms with Crippen LogP contribution in [-0.4, -0.2) is 37.2 Å². The van der Waals surface area contributed by atoms with E-state index in [2.05, 4.69) is 62.9 Å². The molecule has 1 heterocycles. The second-order valence-corrected chi connectivity index (χ2v) is 6.51. The molecule has 0 N–H and O–H groups in total. The van der Waals surface area contributed by atoms with Gasteiger partial charge < -0.3 is 4.74 Å². The lowest BCUT2D eigenvalue weighted by atomic mass is 9.91. The lowest BCUT2D eigenvalue weighted by Gasteiger charge is -2.34. The van der Waals surface area contributed by atoms with E-state index in [1.165, 1.54) is 23.1 Å². The first-order valence-corrected chi connectivity index (χ1v) is 8.09. The molecule has 0 bridgehead atoms. The first-order valence-electron chi connectivity index (χ1n) is 8.09. The molecular weight excluding hydrogens is 258 g/mol. The summed E-state index contributed by atoms with van der Waals surface area (Å²) in [7, 11) is 0. The molecule has 1 aromatic rings. The maximum absolute atomic E-state index is 5.50. The van der Waals surface area contributed by atoms with Gasteiger partial charge in [0.25, 0.3) is 0 Å². The van der Waals surface area contributed by atoms with Crippen LogP contribution in [0.15, 0.2) is 35.9 Å². The van der Waals surface area contributed by atoms with Gasteiger partial charge in [0.2, 0.25) is 0 Å². The fourth-order valence-corrected chi connectivity index (χ4v) is 3.01. The second kappa shape index (κ2) is 7.77.